The highest BCUT2D eigenvalue weighted by Crippen LogP contribution is 2.26. The molecule has 1 amide bonds. The van der Waals surface area contributed by atoms with Crippen LogP contribution in [0.25, 0.3) is 0 Å². The number of hydrogen-bond acceptors (Lipinski definition) is 2. The van der Waals surface area contributed by atoms with Crippen LogP contribution in [0.15, 0.2) is 30.3 Å². The highest BCUT2D eigenvalue weighted by atomic mass is 16.4. The monoisotopic (exact) mass is 205 g/mol. The fourth-order valence-corrected chi connectivity index (χ4v) is 1.81. The van der Waals surface area contributed by atoms with Crippen molar-refractivity contribution in [1.29, 1.82) is 0 Å². The zero-order valence-corrected chi connectivity index (χ0v) is 8.01. The van der Waals surface area contributed by atoms with Crippen LogP contribution in [0.4, 0.5) is 0 Å². The molecule has 1 fully saturated rings. The van der Waals surface area contributed by atoms with Crippen LogP contribution in [0.1, 0.15) is 17.9 Å². The molecule has 1 heterocycles. The molecular weight excluding hydrogens is 194 g/mol. The maximum absolute atomic E-state index is 11.5. The van der Waals surface area contributed by atoms with Crippen LogP contribution in [0, 0.1) is 0 Å². The lowest BCUT2D eigenvalue weighted by Crippen LogP contribution is -2.32. The van der Waals surface area contributed by atoms with Crippen molar-refractivity contribution < 1.29 is 14.7 Å². The van der Waals surface area contributed by atoms with Crippen LogP contribution in [0.2, 0.25) is 0 Å². The minimum absolute atomic E-state index is 0.200. The van der Waals surface area contributed by atoms with Crippen molar-refractivity contribution in [2.75, 3.05) is 0 Å². The van der Waals surface area contributed by atoms with E-state index in [1.165, 1.54) is 0 Å². The van der Waals surface area contributed by atoms with Crippen molar-refractivity contribution in [3.05, 3.63) is 35.9 Å². The number of carbonyl (C=O) groups excluding carboxylic acids is 1. The Morgan fingerprint density at radius 1 is 1.33 bits per heavy atom. The summed E-state index contributed by atoms with van der Waals surface area (Å²) in [5, 5.41) is 11.2. The van der Waals surface area contributed by atoms with Crippen LogP contribution in [-0.4, -0.2) is 23.0 Å². The van der Waals surface area contributed by atoms with Gasteiger partial charge in [-0.2, -0.15) is 0 Å². The summed E-state index contributed by atoms with van der Waals surface area (Å²) in [5.74, 6) is -1.50. The van der Waals surface area contributed by atoms with Gasteiger partial charge < -0.3 is 10.4 Å². The second kappa shape index (κ2) is 3.73. The molecule has 0 unspecified atom stereocenters. The van der Waals surface area contributed by atoms with Crippen LogP contribution in [-0.2, 0) is 9.59 Å². The summed E-state index contributed by atoms with van der Waals surface area (Å²) in [6, 6.07) is 8.49. The van der Waals surface area contributed by atoms with Gasteiger partial charge in [0, 0.05) is 0 Å². The maximum atomic E-state index is 11.5. The molecule has 1 aliphatic rings. The third-order valence-corrected chi connectivity index (χ3v) is 2.60. The number of benzene rings is 1. The van der Waals surface area contributed by atoms with Crippen molar-refractivity contribution in [2.24, 2.45) is 0 Å². The number of hydrogen-bond donors (Lipinski definition) is 2. The van der Waals surface area contributed by atoms with Crippen LogP contribution in [0.3, 0.4) is 0 Å². The summed E-state index contributed by atoms with van der Waals surface area (Å²) >= 11 is 0. The third kappa shape index (κ3) is 1.83. The zero-order valence-electron chi connectivity index (χ0n) is 8.01. The standard InChI is InChI=1S/C11H11NO3/c13-10-8(6-9(12-10)11(14)15)7-4-2-1-3-5-7/h1-5,8-9H,6H2,(H,12,13)(H,14,15)/t8-,9+/m1/s1. The molecule has 0 radical (unpaired) electrons. The van der Waals surface area contributed by atoms with Gasteiger partial charge in [0.1, 0.15) is 6.04 Å². The van der Waals surface area contributed by atoms with E-state index in [1.54, 1.807) is 0 Å². The summed E-state index contributed by atoms with van der Waals surface area (Å²) in [6.07, 6.45) is 0.332. The molecular formula is C11H11NO3. The molecule has 1 saturated heterocycles. The Labute approximate surface area is 86.9 Å². The molecule has 4 nitrogen and oxygen atoms in total. The topological polar surface area (TPSA) is 66.4 Å². The molecule has 78 valence electrons. The number of carboxylic acid groups (broad SMARTS) is 1. The number of rotatable bonds is 2. The van der Waals surface area contributed by atoms with Gasteiger partial charge in [0.25, 0.3) is 0 Å². The lowest BCUT2D eigenvalue weighted by molar-refractivity contribution is -0.140. The van der Waals surface area contributed by atoms with E-state index < -0.39 is 12.0 Å². The number of amides is 1. The average Bonchev–Trinajstić information content (AvgIpc) is 2.62. The van der Waals surface area contributed by atoms with Crippen LogP contribution >= 0.6 is 0 Å². The Morgan fingerprint density at radius 2 is 2.00 bits per heavy atom. The first-order valence-corrected chi connectivity index (χ1v) is 4.76. The molecule has 0 spiro atoms. The van der Waals surface area contributed by atoms with Gasteiger partial charge in [-0.15, -0.1) is 0 Å². The number of carboxylic acids is 1. The van der Waals surface area contributed by atoms with E-state index in [0.717, 1.165) is 5.56 Å². The molecule has 2 N–H and O–H groups in total. The highest BCUT2D eigenvalue weighted by Gasteiger charge is 2.36. The highest BCUT2D eigenvalue weighted by molar-refractivity contribution is 5.92. The van der Waals surface area contributed by atoms with E-state index in [1.807, 2.05) is 30.3 Å². The minimum Gasteiger partial charge on any atom is -0.480 e. The Morgan fingerprint density at radius 3 is 2.53 bits per heavy atom. The molecule has 0 aromatic heterocycles. The van der Waals surface area contributed by atoms with Gasteiger partial charge >= 0.3 is 5.97 Å². The lowest BCUT2D eigenvalue weighted by atomic mass is 9.96. The average molecular weight is 205 g/mol. The van der Waals surface area contributed by atoms with Crippen molar-refractivity contribution in [3.8, 4) is 0 Å². The Bertz CT molecular complexity index is 388. The molecule has 0 aliphatic carbocycles. The van der Waals surface area contributed by atoms with Crippen molar-refractivity contribution in [1.82, 2.24) is 5.32 Å². The molecule has 15 heavy (non-hydrogen) atoms. The smallest absolute Gasteiger partial charge is 0.326 e. The van der Waals surface area contributed by atoms with Crippen LogP contribution in [0.5, 0.6) is 0 Å². The van der Waals surface area contributed by atoms with Crippen molar-refractivity contribution in [2.45, 2.75) is 18.4 Å². The number of aliphatic carboxylic acids is 1. The molecule has 0 bridgehead atoms. The van der Waals surface area contributed by atoms with Gasteiger partial charge in [0.2, 0.25) is 5.91 Å². The second-order valence-electron chi connectivity index (χ2n) is 3.60. The first kappa shape index (κ1) is 9.71. The molecule has 1 aliphatic heterocycles. The van der Waals surface area contributed by atoms with Gasteiger partial charge in [0.15, 0.2) is 0 Å². The normalized spacial score (nSPS) is 24.9. The lowest BCUT2D eigenvalue weighted by Gasteiger charge is -2.05. The Kier molecular flexibility index (Phi) is 2.41. The molecule has 1 aromatic rings. The van der Waals surface area contributed by atoms with E-state index in [2.05, 4.69) is 5.32 Å². The van der Waals surface area contributed by atoms with Crippen molar-refractivity contribution >= 4 is 11.9 Å². The predicted octanol–water partition coefficient (Wildman–Crippen LogP) is 0.743. The molecule has 1 aromatic carbocycles. The van der Waals surface area contributed by atoms with Gasteiger partial charge in [-0.05, 0) is 12.0 Å². The van der Waals surface area contributed by atoms with E-state index >= 15 is 0 Å². The third-order valence-electron chi connectivity index (χ3n) is 2.60. The summed E-state index contributed by atoms with van der Waals surface area (Å²) in [6.45, 7) is 0. The SMILES string of the molecule is O=C(O)[C@@H]1C[C@H](c2ccccc2)C(=O)N1. The van der Waals surface area contributed by atoms with Gasteiger partial charge in [0.05, 0.1) is 5.92 Å². The Balaban J connectivity index is 2.19. The summed E-state index contributed by atoms with van der Waals surface area (Å²) < 4.78 is 0. The van der Waals surface area contributed by atoms with E-state index in [0.29, 0.717) is 6.42 Å². The number of nitrogens with one attached hydrogen (secondary N) is 1. The Hall–Kier alpha value is -1.84. The summed E-state index contributed by atoms with van der Waals surface area (Å²) in [7, 11) is 0. The maximum Gasteiger partial charge on any atom is 0.326 e. The van der Waals surface area contributed by atoms with Gasteiger partial charge in [-0.25, -0.2) is 4.79 Å². The quantitative estimate of drug-likeness (QED) is 0.748. The zero-order chi connectivity index (χ0) is 10.8. The molecule has 2 atom stereocenters. The van der Waals surface area contributed by atoms with E-state index in [-0.39, 0.29) is 11.8 Å². The summed E-state index contributed by atoms with van der Waals surface area (Å²) in [5.41, 5.74) is 0.874. The van der Waals surface area contributed by atoms with Gasteiger partial charge in [-0.1, -0.05) is 30.3 Å². The van der Waals surface area contributed by atoms with Gasteiger partial charge in [-0.3, -0.25) is 4.79 Å². The first-order chi connectivity index (χ1) is 7.18. The molecule has 2 rings (SSSR count). The fraction of sp³-hybridized carbons (Fsp3) is 0.273. The predicted molar refractivity (Wildman–Crippen MR) is 53.4 cm³/mol. The largest absolute Gasteiger partial charge is 0.480 e. The number of carbonyl (C=O) groups is 2. The molecule has 0 saturated carbocycles. The minimum atomic E-state index is -0.971. The van der Waals surface area contributed by atoms with E-state index in [9.17, 15) is 9.59 Å². The first-order valence-electron chi connectivity index (χ1n) is 4.76. The van der Waals surface area contributed by atoms with Crippen LogP contribution < -0.4 is 5.32 Å². The second-order valence-corrected chi connectivity index (χ2v) is 3.60. The fourth-order valence-electron chi connectivity index (χ4n) is 1.81. The molecule has 4 heteroatoms. The van der Waals surface area contributed by atoms with Crippen molar-refractivity contribution in [3.63, 3.8) is 0 Å². The van der Waals surface area contributed by atoms with E-state index in [4.69, 9.17) is 5.11 Å². The summed E-state index contributed by atoms with van der Waals surface area (Å²) in [4.78, 5) is 22.2.